The summed E-state index contributed by atoms with van der Waals surface area (Å²) < 4.78 is 33.0. The van der Waals surface area contributed by atoms with E-state index in [9.17, 15) is 8.42 Å². The number of hydrogen-bond donors (Lipinski definition) is 1. The van der Waals surface area contributed by atoms with E-state index >= 15 is 0 Å². The summed E-state index contributed by atoms with van der Waals surface area (Å²) in [6, 6.07) is 12.3. The van der Waals surface area contributed by atoms with Gasteiger partial charge in [-0.05, 0) is 48.2 Å². The molecule has 1 N–H and O–H groups in total. The summed E-state index contributed by atoms with van der Waals surface area (Å²) in [5.74, 6) is 0.689. The minimum absolute atomic E-state index is 0.0980. The average molecular weight is 368 g/mol. The Bertz CT molecular complexity index is 806. The fourth-order valence-electron chi connectivity index (χ4n) is 2.61. The maximum absolute atomic E-state index is 12.5. The van der Waals surface area contributed by atoms with Crippen LogP contribution in [0.4, 0.5) is 0 Å². The first-order valence-corrected chi connectivity index (χ1v) is 9.76. The molecule has 0 spiro atoms. The summed E-state index contributed by atoms with van der Waals surface area (Å²) in [5, 5.41) is 0.528. The highest BCUT2D eigenvalue weighted by Crippen LogP contribution is 2.25. The van der Waals surface area contributed by atoms with E-state index in [1.807, 2.05) is 32.0 Å². The lowest BCUT2D eigenvalue weighted by Crippen LogP contribution is -2.29. The van der Waals surface area contributed by atoms with Gasteiger partial charge in [-0.2, -0.15) is 0 Å². The Labute approximate surface area is 148 Å². The molecule has 0 aliphatic heterocycles. The van der Waals surface area contributed by atoms with Crippen molar-refractivity contribution < 1.29 is 13.2 Å². The summed E-state index contributed by atoms with van der Waals surface area (Å²) in [6.07, 6.45) is 0.653. The van der Waals surface area contributed by atoms with Crippen LogP contribution >= 0.6 is 11.6 Å². The Morgan fingerprint density at radius 3 is 2.54 bits per heavy atom. The van der Waals surface area contributed by atoms with Crippen LogP contribution in [0.3, 0.4) is 0 Å². The van der Waals surface area contributed by atoms with Crippen LogP contribution in [-0.4, -0.2) is 15.5 Å². The lowest BCUT2D eigenvalue weighted by Gasteiger charge is -2.19. The van der Waals surface area contributed by atoms with E-state index < -0.39 is 10.0 Å². The molecule has 6 heteroatoms. The molecule has 1 atom stereocenters. The zero-order chi connectivity index (χ0) is 17.7. The molecule has 0 fully saturated rings. The van der Waals surface area contributed by atoms with E-state index in [0.717, 1.165) is 16.9 Å². The highest BCUT2D eigenvalue weighted by molar-refractivity contribution is 7.88. The van der Waals surface area contributed by atoms with Crippen molar-refractivity contribution in [2.24, 2.45) is 0 Å². The van der Waals surface area contributed by atoms with Crippen LogP contribution in [0.2, 0.25) is 5.02 Å². The van der Waals surface area contributed by atoms with Crippen molar-refractivity contribution in [1.82, 2.24) is 4.72 Å². The molecule has 0 heterocycles. The van der Waals surface area contributed by atoms with E-state index in [1.165, 1.54) is 0 Å². The average Bonchev–Trinajstić information content (AvgIpc) is 2.52. The largest absolute Gasteiger partial charge is 0.496 e. The molecule has 0 saturated carbocycles. The number of halogens is 1. The summed E-state index contributed by atoms with van der Waals surface area (Å²) in [6.45, 7) is 3.89. The topological polar surface area (TPSA) is 55.4 Å². The van der Waals surface area contributed by atoms with Gasteiger partial charge < -0.3 is 4.74 Å². The van der Waals surface area contributed by atoms with E-state index in [1.54, 1.807) is 31.4 Å². The van der Waals surface area contributed by atoms with Gasteiger partial charge in [0.05, 0.1) is 12.9 Å². The molecule has 1 unspecified atom stereocenters. The third kappa shape index (κ3) is 4.97. The van der Waals surface area contributed by atoms with Crippen LogP contribution in [-0.2, 0) is 15.8 Å². The summed E-state index contributed by atoms with van der Waals surface area (Å²) >= 11 is 5.92. The number of sulfonamides is 1. The molecule has 4 nitrogen and oxygen atoms in total. The molecule has 2 rings (SSSR count). The van der Waals surface area contributed by atoms with Gasteiger partial charge in [-0.1, -0.05) is 42.8 Å². The Morgan fingerprint density at radius 2 is 1.96 bits per heavy atom. The Morgan fingerprint density at radius 1 is 1.21 bits per heavy atom. The quantitative estimate of drug-likeness (QED) is 0.796. The molecular formula is C18H22ClNO3S. The van der Waals surface area contributed by atoms with E-state index in [-0.39, 0.29) is 11.8 Å². The van der Waals surface area contributed by atoms with Crippen molar-refractivity contribution in [2.75, 3.05) is 7.11 Å². The minimum atomic E-state index is -3.48. The van der Waals surface area contributed by atoms with Crippen LogP contribution in [0.1, 0.15) is 36.1 Å². The Hall–Kier alpha value is -1.56. The standard InChI is InChI=1S/C18H22ClNO3S/c1-4-17(15-8-9-18(23-3)13(2)10-15)20-24(21,22)12-14-6-5-7-16(19)11-14/h5-11,17,20H,4,12H2,1-3H3. The molecule has 0 radical (unpaired) electrons. The number of rotatable bonds is 7. The van der Waals surface area contributed by atoms with Crippen molar-refractivity contribution in [3.8, 4) is 5.75 Å². The number of nitrogens with one attached hydrogen (secondary N) is 1. The monoisotopic (exact) mass is 367 g/mol. The fraction of sp³-hybridized carbons (Fsp3) is 0.333. The number of methoxy groups -OCH3 is 1. The molecule has 2 aromatic carbocycles. The zero-order valence-corrected chi connectivity index (χ0v) is 15.6. The van der Waals surface area contributed by atoms with E-state index in [0.29, 0.717) is 17.0 Å². The second-order valence-electron chi connectivity index (χ2n) is 5.70. The molecular weight excluding hydrogens is 346 g/mol. The van der Waals surface area contributed by atoms with Crippen LogP contribution < -0.4 is 9.46 Å². The van der Waals surface area contributed by atoms with Gasteiger partial charge in [-0.15, -0.1) is 0 Å². The predicted octanol–water partition coefficient (Wildman–Crippen LogP) is 4.23. The molecule has 24 heavy (non-hydrogen) atoms. The number of benzene rings is 2. The second kappa shape index (κ2) is 8.01. The van der Waals surface area contributed by atoms with Gasteiger partial charge in [0.1, 0.15) is 5.75 Å². The maximum Gasteiger partial charge on any atom is 0.216 e. The summed E-state index contributed by atoms with van der Waals surface area (Å²) in [7, 11) is -1.86. The fourth-order valence-corrected chi connectivity index (χ4v) is 4.26. The van der Waals surface area contributed by atoms with Crippen molar-refractivity contribution >= 4 is 21.6 Å². The molecule has 0 saturated heterocycles. The van der Waals surface area contributed by atoms with Gasteiger partial charge in [0, 0.05) is 11.1 Å². The summed E-state index contributed by atoms with van der Waals surface area (Å²) in [4.78, 5) is 0. The SMILES string of the molecule is CCC(NS(=O)(=O)Cc1cccc(Cl)c1)c1ccc(OC)c(C)c1. The lowest BCUT2D eigenvalue weighted by atomic mass is 10.0. The zero-order valence-electron chi connectivity index (χ0n) is 14.0. The molecule has 0 aromatic heterocycles. The lowest BCUT2D eigenvalue weighted by molar-refractivity contribution is 0.411. The Kier molecular flexibility index (Phi) is 6.27. The molecule has 0 aliphatic carbocycles. The number of ether oxygens (including phenoxy) is 1. The van der Waals surface area contributed by atoms with Crippen LogP contribution in [0.5, 0.6) is 5.75 Å². The third-order valence-electron chi connectivity index (χ3n) is 3.80. The molecule has 0 bridgehead atoms. The second-order valence-corrected chi connectivity index (χ2v) is 7.89. The molecule has 0 aliphatic rings. The van der Waals surface area contributed by atoms with Crippen molar-refractivity contribution in [1.29, 1.82) is 0 Å². The third-order valence-corrected chi connectivity index (χ3v) is 5.39. The molecule has 0 amide bonds. The van der Waals surface area contributed by atoms with Gasteiger partial charge in [0.2, 0.25) is 10.0 Å². The first kappa shape index (κ1) is 18.8. The van der Waals surface area contributed by atoms with Crippen LogP contribution in [0, 0.1) is 6.92 Å². The summed E-state index contributed by atoms with van der Waals surface area (Å²) in [5.41, 5.74) is 2.56. The highest BCUT2D eigenvalue weighted by Gasteiger charge is 2.19. The van der Waals surface area contributed by atoms with Crippen molar-refractivity contribution in [2.45, 2.75) is 32.1 Å². The van der Waals surface area contributed by atoms with E-state index in [4.69, 9.17) is 16.3 Å². The Balaban J connectivity index is 2.18. The van der Waals surface area contributed by atoms with E-state index in [2.05, 4.69) is 4.72 Å². The minimum Gasteiger partial charge on any atom is -0.496 e. The van der Waals surface area contributed by atoms with Crippen LogP contribution in [0.25, 0.3) is 0 Å². The highest BCUT2D eigenvalue weighted by atomic mass is 35.5. The predicted molar refractivity (Wildman–Crippen MR) is 98.0 cm³/mol. The van der Waals surface area contributed by atoms with Gasteiger partial charge in [-0.25, -0.2) is 13.1 Å². The first-order chi connectivity index (χ1) is 11.3. The van der Waals surface area contributed by atoms with Gasteiger partial charge in [0.25, 0.3) is 0 Å². The van der Waals surface area contributed by atoms with Gasteiger partial charge >= 0.3 is 0 Å². The van der Waals surface area contributed by atoms with Crippen LogP contribution in [0.15, 0.2) is 42.5 Å². The molecule has 130 valence electrons. The number of hydrogen-bond acceptors (Lipinski definition) is 3. The first-order valence-electron chi connectivity index (χ1n) is 7.73. The van der Waals surface area contributed by atoms with Crippen molar-refractivity contribution in [3.05, 3.63) is 64.2 Å². The van der Waals surface area contributed by atoms with Crippen molar-refractivity contribution in [3.63, 3.8) is 0 Å². The maximum atomic E-state index is 12.5. The normalized spacial score (nSPS) is 12.8. The van der Waals surface area contributed by atoms with Gasteiger partial charge in [-0.3, -0.25) is 0 Å². The smallest absolute Gasteiger partial charge is 0.216 e. The molecule has 2 aromatic rings. The number of aryl methyl sites for hydroxylation is 1. The van der Waals surface area contributed by atoms with Gasteiger partial charge in [0.15, 0.2) is 0 Å².